The molecule has 1 aromatic rings. The molecule has 1 aromatic carbocycles. The molecule has 2 rings (SSSR count). The molecule has 0 radical (unpaired) electrons. The first-order valence-corrected chi connectivity index (χ1v) is 7.72. The van der Waals surface area contributed by atoms with Crippen LogP contribution >= 0.6 is 36.0 Å². The van der Waals surface area contributed by atoms with Gasteiger partial charge in [-0.3, -0.25) is 4.79 Å². The lowest BCUT2D eigenvalue weighted by molar-refractivity contribution is 0.0950. The van der Waals surface area contributed by atoms with Crippen LogP contribution in [0.4, 0.5) is 0 Å². The molecule has 1 saturated heterocycles. The van der Waals surface area contributed by atoms with Gasteiger partial charge in [-0.2, -0.15) is 11.8 Å². The van der Waals surface area contributed by atoms with Crippen LogP contribution in [-0.4, -0.2) is 23.0 Å². The van der Waals surface area contributed by atoms with Crippen molar-refractivity contribution in [3.05, 3.63) is 28.8 Å². The summed E-state index contributed by atoms with van der Waals surface area (Å²) >= 11 is 12.2. The Hall–Kier alpha value is -0.320. The molecular weight excluding hydrogens is 286 g/mol. The summed E-state index contributed by atoms with van der Waals surface area (Å²) in [6.45, 7) is 2.88. The van der Waals surface area contributed by atoms with Gasteiger partial charge in [-0.15, -0.1) is 12.6 Å². The Kier molecular flexibility index (Phi) is 4.51. The van der Waals surface area contributed by atoms with Gasteiger partial charge in [-0.05, 0) is 43.7 Å². The summed E-state index contributed by atoms with van der Waals surface area (Å²) in [5.41, 5.74) is 0.496. The first-order valence-electron chi connectivity index (χ1n) is 5.91. The smallest absolute Gasteiger partial charge is 0.252 e. The van der Waals surface area contributed by atoms with Crippen molar-refractivity contribution in [2.45, 2.75) is 29.4 Å². The molecule has 1 unspecified atom stereocenters. The minimum atomic E-state index is -0.121. The van der Waals surface area contributed by atoms with Crippen molar-refractivity contribution in [3.8, 4) is 0 Å². The third kappa shape index (κ3) is 3.37. The van der Waals surface area contributed by atoms with E-state index in [2.05, 4.69) is 24.9 Å². The number of benzene rings is 1. The average Bonchev–Trinajstić information content (AvgIpc) is 2.77. The Labute approximate surface area is 122 Å². The topological polar surface area (TPSA) is 29.1 Å². The van der Waals surface area contributed by atoms with Crippen LogP contribution < -0.4 is 5.32 Å². The number of carbonyl (C=O) groups excluding carboxylic acids is 1. The van der Waals surface area contributed by atoms with Gasteiger partial charge in [0.2, 0.25) is 0 Å². The van der Waals surface area contributed by atoms with E-state index in [4.69, 9.17) is 11.6 Å². The minimum Gasteiger partial charge on any atom is -0.351 e. The summed E-state index contributed by atoms with van der Waals surface area (Å²) in [5, 5.41) is 3.44. The molecule has 0 bridgehead atoms. The zero-order valence-corrected chi connectivity index (χ0v) is 12.7. The maximum atomic E-state index is 12.1. The number of thiol groups is 1. The summed E-state index contributed by atoms with van der Waals surface area (Å²) in [7, 11) is 0. The van der Waals surface area contributed by atoms with E-state index < -0.39 is 0 Å². The van der Waals surface area contributed by atoms with Crippen LogP contribution in [-0.2, 0) is 0 Å². The van der Waals surface area contributed by atoms with Gasteiger partial charge in [-0.1, -0.05) is 11.6 Å². The van der Waals surface area contributed by atoms with E-state index in [-0.39, 0.29) is 10.7 Å². The van der Waals surface area contributed by atoms with Gasteiger partial charge >= 0.3 is 0 Å². The molecule has 0 aromatic heterocycles. The highest BCUT2D eigenvalue weighted by atomic mass is 35.5. The van der Waals surface area contributed by atoms with Crippen molar-refractivity contribution >= 4 is 41.9 Å². The fraction of sp³-hybridized carbons (Fsp3) is 0.462. The molecule has 1 aliphatic heterocycles. The Balaban J connectivity index is 2.01. The zero-order chi connectivity index (χ0) is 13.2. The van der Waals surface area contributed by atoms with Crippen LogP contribution in [0.5, 0.6) is 0 Å². The Morgan fingerprint density at radius 2 is 2.39 bits per heavy atom. The Morgan fingerprint density at radius 3 is 3.06 bits per heavy atom. The molecular formula is C13H16ClNOS2. The Morgan fingerprint density at radius 1 is 1.61 bits per heavy atom. The second-order valence-corrected chi connectivity index (χ2v) is 7.35. The van der Waals surface area contributed by atoms with Crippen molar-refractivity contribution < 1.29 is 4.79 Å². The van der Waals surface area contributed by atoms with Crippen molar-refractivity contribution in [3.63, 3.8) is 0 Å². The summed E-state index contributed by atoms with van der Waals surface area (Å²) < 4.78 is 0.167. The fourth-order valence-corrected chi connectivity index (χ4v) is 3.68. The molecule has 1 amide bonds. The highest BCUT2D eigenvalue weighted by Crippen LogP contribution is 2.37. The van der Waals surface area contributed by atoms with E-state index in [9.17, 15) is 4.79 Å². The summed E-state index contributed by atoms with van der Waals surface area (Å²) in [4.78, 5) is 12.8. The first kappa shape index (κ1) is 14.1. The molecule has 1 aliphatic rings. The van der Waals surface area contributed by atoms with Gasteiger partial charge in [0.25, 0.3) is 5.91 Å². The molecule has 1 atom stereocenters. The number of halogens is 1. The standard InChI is InChI=1S/C13H16ClNOS2/c1-13(5-2-6-18-13)8-15-12(16)10-7-9(17)3-4-11(10)14/h3-4,7,17H,2,5-6,8H2,1H3,(H,15,16). The predicted octanol–water partition coefficient (Wildman–Crippen LogP) is 3.64. The molecule has 98 valence electrons. The van der Waals surface area contributed by atoms with Gasteiger partial charge in [0.1, 0.15) is 0 Å². The van der Waals surface area contributed by atoms with Gasteiger partial charge in [0.05, 0.1) is 10.6 Å². The van der Waals surface area contributed by atoms with Gasteiger partial charge in [0, 0.05) is 16.2 Å². The molecule has 0 spiro atoms. The monoisotopic (exact) mass is 301 g/mol. The lowest BCUT2D eigenvalue weighted by Crippen LogP contribution is -2.36. The van der Waals surface area contributed by atoms with Crippen LogP contribution in [0.3, 0.4) is 0 Å². The number of hydrogen-bond acceptors (Lipinski definition) is 3. The van der Waals surface area contributed by atoms with E-state index in [1.807, 2.05) is 11.8 Å². The lowest BCUT2D eigenvalue weighted by Gasteiger charge is -2.23. The number of carbonyl (C=O) groups is 1. The molecule has 1 heterocycles. The minimum absolute atomic E-state index is 0.121. The van der Waals surface area contributed by atoms with Crippen LogP contribution in [0.1, 0.15) is 30.1 Å². The molecule has 18 heavy (non-hydrogen) atoms. The summed E-state index contributed by atoms with van der Waals surface area (Å²) in [6, 6.07) is 5.17. The van der Waals surface area contributed by atoms with Crippen molar-refractivity contribution in [1.82, 2.24) is 5.32 Å². The second kappa shape index (κ2) is 5.76. The highest BCUT2D eigenvalue weighted by molar-refractivity contribution is 8.00. The second-order valence-electron chi connectivity index (χ2n) is 4.75. The number of rotatable bonds is 3. The van der Waals surface area contributed by atoms with Crippen LogP contribution in [0, 0.1) is 0 Å². The fourth-order valence-electron chi connectivity index (χ4n) is 2.03. The molecule has 1 N–H and O–H groups in total. The van der Waals surface area contributed by atoms with Crippen molar-refractivity contribution in [2.24, 2.45) is 0 Å². The SMILES string of the molecule is CC1(CNC(=O)c2cc(S)ccc2Cl)CCCS1. The van der Waals surface area contributed by atoms with Crippen LogP contribution in [0.15, 0.2) is 23.1 Å². The van der Waals surface area contributed by atoms with Crippen LogP contribution in [0.25, 0.3) is 0 Å². The maximum absolute atomic E-state index is 12.1. The van der Waals surface area contributed by atoms with E-state index in [0.717, 1.165) is 11.3 Å². The van der Waals surface area contributed by atoms with E-state index >= 15 is 0 Å². The maximum Gasteiger partial charge on any atom is 0.252 e. The zero-order valence-electron chi connectivity index (χ0n) is 10.2. The van der Waals surface area contributed by atoms with E-state index in [0.29, 0.717) is 17.1 Å². The quantitative estimate of drug-likeness (QED) is 0.835. The van der Waals surface area contributed by atoms with Crippen molar-refractivity contribution in [2.75, 3.05) is 12.3 Å². The largest absolute Gasteiger partial charge is 0.351 e. The van der Waals surface area contributed by atoms with Gasteiger partial charge in [-0.25, -0.2) is 0 Å². The van der Waals surface area contributed by atoms with Crippen molar-refractivity contribution in [1.29, 1.82) is 0 Å². The van der Waals surface area contributed by atoms with E-state index in [1.54, 1.807) is 18.2 Å². The molecule has 0 saturated carbocycles. The number of nitrogens with one attached hydrogen (secondary N) is 1. The van der Waals surface area contributed by atoms with E-state index in [1.165, 1.54) is 12.2 Å². The van der Waals surface area contributed by atoms with Gasteiger partial charge in [0.15, 0.2) is 0 Å². The first-order chi connectivity index (χ1) is 8.50. The summed E-state index contributed by atoms with van der Waals surface area (Å²) in [6.07, 6.45) is 2.38. The lowest BCUT2D eigenvalue weighted by atomic mass is 10.1. The third-order valence-electron chi connectivity index (χ3n) is 3.12. The Bertz CT molecular complexity index is 458. The average molecular weight is 302 g/mol. The number of thioether (sulfide) groups is 1. The highest BCUT2D eigenvalue weighted by Gasteiger charge is 2.29. The molecule has 1 fully saturated rings. The normalized spacial score (nSPS) is 23.1. The van der Waals surface area contributed by atoms with Gasteiger partial charge < -0.3 is 5.32 Å². The number of hydrogen-bond donors (Lipinski definition) is 2. The number of amides is 1. The van der Waals surface area contributed by atoms with Crippen LogP contribution in [0.2, 0.25) is 5.02 Å². The third-order valence-corrected chi connectivity index (χ3v) is 5.26. The molecule has 5 heteroatoms. The molecule has 0 aliphatic carbocycles. The molecule has 2 nitrogen and oxygen atoms in total. The predicted molar refractivity (Wildman–Crippen MR) is 81.1 cm³/mol. The summed E-state index contributed by atoms with van der Waals surface area (Å²) in [5.74, 6) is 1.06.